The molecule has 0 radical (unpaired) electrons. The summed E-state index contributed by atoms with van der Waals surface area (Å²) in [6, 6.07) is 6.50. The van der Waals surface area contributed by atoms with Crippen molar-refractivity contribution in [1.29, 1.82) is 0 Å². The van der Waals surface area contributed by atoms with E-state index in [1.807, 2.05) is 0 Å². The van der Waals surface area contributed by atoms with Crippen molar-refractivity contribution in [3.63, 3.8) is 0 Å². The van der Waals surface area contributed by atoms with Gasteiger partial charge < -0.3 is 10.5 Å². The topological polar surface area (TPSA) is 35.2 Å². The van der Waals surface area contributed by atoms with Crippen LogP contribution >= 0.6 is 0 Å². The van der Waals surface area contributed by atoms with Crippen LogP contribution in [0.5, 0.6) is 5.75 Å². The molecule has 1 aromatic carbocycles. The molecule has 76 valence electrons. The Morgan fingerprint density at radius 1 is 1.29 bits per heavy atom. The Hall–Kier alpha value is -1.09. The second kappa shape index (κ2) is 3.96. The first-order valence-electron chi connectivity index (χ1n) is 4.94. The summed E-state index contributed by atoms with van der Waals surface area (Å²) < 4.78 is 18.7. The molecule has 2 nitrogen and oxygen atoms in total. The van der Waals surface area contributed by atoms with E-state index in [0.29, 0.717) is 5.75 Å². The van der Waals surface area contributed by atoms with Crippen molar-refractivity contribution in [1.82, 2.24) is 0 Å². The molecule has 0 bridgehead atoms. The van der Waals surface area contributed by atoms with Gasteiger partial charge in [0.15, 0.2) is 11.6 Å². The monoisotopic (exact) mass is 195 g/mol. The standard InChI is InChI=1S/C11H14FNO/c12-8-4-1-2-6-10(8)14-11-7-3-5-9(11)13/h1-2,4,6,9,11H,3,5,7,13H2/t9-,11-/m1/s1. The third kappa shape index (κ3) is 1.87. The minimum atomic E-state index is -0.313. The zero-order valence-corrected chi connectivity index (χ0v) is 7.95. The molecular weight excluding hydrogens is 181 g/mol. The minimum absolute atomic E-state index is 0.0214. The van der Waals surface area contributed by atoms with Gasteiger partial charge in [-0.2, -0.15) is 0 Å². The van der Waals surface area contributed by atoms with E-state index in [2.05, 4.69) is 0 Å². The van der Waals surface area contributed by atoms with Crippen molar-refractivity contribution in [2.45, 2.75) is 31.4 Å². The SMILES string of the molecule is N[C@@H]1CCC[C@H]1Oc1ccccc1F. The highest BCUT2D eigenvalue weighted by atomic mass is 19.1. The van der Waals surface area contributed by atoms with Gasteiger partial charge in [0.1, 0.15) is 6.10 Å². The number of halogens is 1. The Balaban J connectivity index is 2.07. The van der Waals surface area contributed by atoms with Gasteiger partial charge in [0.2, 0.25) is 0 Å². The lowest BCUT2D eigenvalue weighted by Gasteiger charge is -2.17. The van der Waals surface area contributed by atoms with Crippen molar-refractivity contribution < 1.29 is 9.13 Å². The normalized spacial score (nSPS) is 26.4. The maximum Gasteiger partial charge on any atom is 0.165 e. The Labute approximate surface area is 82.9 Å². The van der Waals surface area contributed by atoms with E-state index < -0.39 is 0 Å². The molecule has 2 N–H and O–H groups in total. The van der Waals surface area contributed by atoms with Gasteiger partial charge in [0, 0.05) is 6.04 Å². The number of ether oxygens (including phenoxy) is 1. The first-order chi connectivity index (χ1) is 6.77. The molecule has 3 heteroatoms. The van der Waals surface area contributed by atoms with Crippen molar-refractivity contribution in [3.05, 3.63) is 30.1 Å². The molecule has 1 aromatic rings. The van der Waals surface area contributed by atoms with Crippen molar-refractivity contribution in [3.8, 4) is 5.75 Å². The van der Waals surface area contributed by atoms with Crippen LogP contribution in [0, 0.1) is 5.82 Å². The van der Waals surface area contributed by atoms with E-state index in [-0.39, 0.29) is 18.0 Å². The van der Waals surface area contributed by atoms with E-state index in [1.54, 1.807) is 18.2 Å². The summed E-state index contributed by atoms with van der Waals surface area (Å²) in [5.41, 5.74) is 5.83. The molecule has 0 heterocycles. The maximum absolute atomic E-state index is 13.2. The fourth-order valence-corrected chi connectivity index (χ4v) is 1.80. The van der Waals surface area contributed by atoms with Crippen molar-refractivity contribution in [2.75, 3.05) is 0 Å². The molecule has 1 fully saturated rings. The molecule has 1 aliphatic rings. The summed E-state index contributed by atoms with van der Waals surface area (Å²) in [7, 11) is 0. The molecule has 1 saturated carbocycles. The smallest absolute Gasteiger partial charge is 0.165 e. The average Bonchev–Trinajstić information content (AvgIpc) is 2.56. The first kappa shape index (κ1) is 9.46. The molecule has 0 unspecified atom stereocenters. The van der Waals surface area contributed by atoms with E-state index in [9.17, 15) is 4.39 Å². The van der Waals surface area contributed by atoms with E-state index in [1.165, 1.54) is 6.07 Å². The Kier molecular flexibility index (Phi) is 2.68. The highest BCUT2D eigenvalue weighted by molar-refractivity contribution is 5.24. The quantitative estimate of drug-likeness (QED) is 0.784. The molecule has 0 saturated heterocycles. The lowest BCUT2D eigenvalue weighted by atomic mass is 10.2. The van der Waals surface area contributed by atoms with Gasteiger partial charge in [-0.05, 0) is 31.4 Å². The first-order valence-corrected chi connectivity index (χ1v) is 4.94. The lowest BCUT2D eigenvalue weighted by molar-refractivity contribution is 0.183. The predicted octanol–water partition coefficient (Wildman–Crippen LogP) is 2.08. The second-order valence-corrected chi connectivity index (χ2v) is 3.68. The predicted molar refractivity (Wildman–Crippen MR) is 52.6 cm³/mol. The highest BCUT2D eigenvalue weighted by Crippen LogP contribution is 2.25. The van der Waals surface area contributed by atoms with Gasteiger partial charge in [-0.25, -0.2) is 4.39 Å². The van der Waals surface area contributed by atoms with Crippen LogP contribution in [-0.2, 0) is 0 Å². The number of nitrogens with two attached hydrogens (primary N) is 1. The lowest BCUT2D eigenvalue weighted by Crippen LogP contribution is -2.33. The van der Waals surface area contributed by atoms with E-state index in [0.717, 1.165) is 19.3 Å². The zero-order valence-electron chi connectivity index (χ0n) is 7.95. The third-order valence-electron chi connectivity index (χ3n) is 2.62. The molecule has 0 aromatic heterocycles. The molecule has 2 rings (SSSR count). The van der Waals surface area contributed by atoms with E-state index in [4.69, 9.17) is 10.5 Å². The summed E-state index contributed by atoms with van der Waals surface area (Å²) in [6.07, 6.45) is 2.95. The molecule has 1 aliphatic carbocycles. The zero-order chi connectivity index (χ0) is 9.97. The minimum Gasteiger partial charge on any atom is -0.486 e. The van der Waals surface area contributed by atoms with Crippen LogP contribution < -0.4 is 10.5 Å². The number of benzene rings is 1. The van der Waals surface area contributed by atoms with Crippen LogP contribution in [0.3, 0.4) is 0 Å². The molecule has 0 spiro atoms. The number of rotatable bonds is 2. The van der Waals surface area contributed by atoms with Gasteiger partial charge in [0.25, 0.3) is 0 Å². The second-order valence-electron chi connectivity index (χ2n) is 3.68. The molecule has 0 aliphatic heterocycles. The Bertz CT molecular complexity index is 316. The van der Waals surface area contributed by atoms with Crippen LogP contribution in [0.4, 0.5) is 4.39 Å². The largest absolute Gasteiger partial charge is 0.486 e. The fourth-order valence-electron chi connectivity index (χ4n) is 1.80. The summed E-state index contributed by atoms with van der Waals surface area (Å²) in [5, 5.41) is 0. The van der Waals surface area contributed by atoms with Gasteiger partial charge in [-0.15, -0.1) is 0 Å². The van der Waals surface area contributed by atoms with Crippen LogP contribution in [-0.4, -0.2) is 12.1 Å². The molecular formula is C11H14FNO. The molecule has 0 amide bonds. The van der Waals surface area contributed by atoms with Gasteiger partial charge in [-0.1, -0.05) is 12.1 Å². The van der Waals surface area contributed by atoms with Crippen LogP contribution in [0.2, 0.25) is 0 Å². The summed E-state index contributed by atoms with van der Waals surface area (Å²) >= 11 is 0. The highest BCUT2D eigenvalue weighted by Gasteiger charge is 2.26. The summed E-state index contributed by atoms with van der Waals surface area (Å²) in [5.74, 6) is 0.00134. The van der Waals surface area contributed by atoms with Gasteiger partial charge in [-0.3, -0.25) is 0 Å². The van der Waals surface area contributed by atoms with Crippen LogP contribution in [0.15, 0.2) is 24.3 Å². The summed E-state index contributed by atoms with van der Waals surface area (Å²) in [6.45, 7) is 0. The Morgan fingerprint density at radius 3 is 2.71 bits per heavy atom. The van der Waals surface area contributed by atoms with E-state index >= 15 is 0 Å². The fraction of sp³-hybridized carbons (Fsp3) is 0.455. The third-order valence-corrected chi connectivity index (χ3v) is 2.62. The molecule has 14 heavy (non-hydrogen) atoms. The van der Waals surface area contributed by atoms with Crippen LogP contribution in [0.25, 0.3) is 0 Å². The number of hydrogen-bond donors (Lipinski definition) is 1. The number of hydrogen-bond acceptors (Lipinski definition) is 2. The van der Waals surface area contributed by atoms with Crippen molar-refractivity contribution in [2.24, 2.45) is 5.73 Å². The van der Waals surface area contributed by atoms with Gasteiger partial charge in [0.05, 0.1) is 0 Å². The molecule has 2 atom stereocenters. The van der Waals surface area contributed by atoms with Crippen molar-refractivity contribution >= 4 is 0 Å². The Morgan fingerprint density at radius 2 is 2.07 bits per heavy atom. The van der Waals surface area contributed by atoms with Gasteiger partial charge >= 0.3 is 0 Å². The summed E-state index contributed by atoms with van der Waals surface area (Å²) in [4.78, 5) is 0. The number of para-hydroxylation sites is 1. The average molecular weight is 195 g/mol. The van der Waals surface area contributed by atoms with Crippen LogP contribution in [0.1, 0.15) is 19.3 Å². The maximum atomic E-state index is 13.2.